The van der Waals surface area contributed by atoms with Crippen LogP contribution in [0.2, 0.25) is 0 Å². The summed E-state index contributed by atoms with van der Waals surface area (Å²) in [7, 11) is 4.04. The lowest BCUT2D eigenvalue weighted by molar-refractivity contribution is -0.127. The first-order chi connectivity index (χ1) is 15.1. The average Bonchev–Trinajstić information content (AvgIpc) is 3.27. The van der Waals surface area contributed by atoms with Gasteiger partial charge in [-0.1, -0.05) is 42.5 Å². The third kappa shape index (κ3) is 5.60. The van der Waals surface area contributed by atoms with Gasteiger partial charge in [-0.2, -0.15) is 0 Å². The maximum atomic E-state index is 12.6. The van der Waals surface area contributed by atoms with E-state index in [9.17, 15) is 4.79 Å². The number of nitrogens with zero attached hydrogens (tertiary/aromatic N) is 4. The molecule has 0 saturated carbocycles. The van der Waals surface area contributed by atoms with Crippen molar-refractivity contribution in [3.05, 3.63) is 77.3 Å². The van der Waals surface area contributed by atoms with Crippen molar-refractivity contribution in [2.45, 2.75) is 6.54 Å². The first-order valence-corrected chi connectivity index (χ1v) is 11.4. The fourth-order valence-electron chi connectivity index (χ4n) is 3.60. The van der Waals surface area contributed by atoms with Gasteiger partial charge in [0, 0.05) is 69.5 Å². The number of piperazine rings is 1. The summed E-state index contributed by atoms with van der Waals surface area (Å²) in [5.41, 5.74) is 4.45. The molecular formula is C25H28N4OS. The fourth-order valence-corrected chi connectivity index (χ4v) is 4.42. The van der Waals surface area contributed by atoms with Gasteiger partial charge in [-0.05, 0) is 23.8 Å². The molecule has 0 bridgehead atoms. The predicted molar refractivity (Wildman–Crippen MR) is 129 cm³/mol. The molecule has 2 aromatic carbocycles. The van der Waals surface area contributed by atoms with Crippen LogP contribution in [-0.2, 0) is 11.3 Å². The second kappa shape index (κ2) is 9.90. The van der Waals surface area contributed by atoms with Gasteiger partial charge in [0.25, 0.3) is 0 Å². The molecule has 1 aromatic heterocycles. The molecular weight excluding hydrogens is 404 g/mol. The standard InChI is InChI=1S/C25H28N4OS/c1-27(2)23-11-8-20(9-12-23)10-13-24(30)29-16-14-28(15-17-29)18-22-19-31-25(26-22)21-6-4-3-5-7-21/h3-13,19H,14-18H2,1-2H3. The van der Waals surface area contributed by atoms with Gasteiger partial charge in [-0.25, -0.2) is 4.98 Å². The quantitative estimate of drug-likeness (QED) is 0.547. The zero-order valence-electron chi connectivity index (χ0n) is 18.1. The highest BCUT2D eigenvalue weighted by Gasteiger charge is 2.20. The molecule has 0 unspecified atom stereocenters. The summed E-state index contributed by atoms with van der Waals surface area (Å²) >= 11 is 1.69. The molecule has 2 heterocycles. The Morgan fingerprint density at radius 2 is 1.74 bits per heavy atom. The van der Waals surface area contributed by atoms with E-state index < -0.39 is 0 Å². The van der Waals surface area contributed by atoms with Gasteiger partial charge in [-0.15, -0.1) is 11.3 Å². The first-order valence-electron chi connectivity index (χ1n) is 10.5. The number of carbonyl (C=O) groups excluding carboxylic acids is 1. The van der Waals surface area contributed by atoms with Crippen molar-refractivity contribution in [3.8, 4) is 10.6 Å². The number of hydrogen-bond acceptors (Lipinski definition) is 5. The molecule has 1 saturated heterocycles. The normalized spacial score (nSPS) is 14.8. The van der Waals surface area contributed by atoms with Crippen LogP contribution in [0.4, 0.5) is 5.69 Å². The molecule has 3 aromatic rings. The van der Waals surface area contributed by atoms with Crippen LogP contribution < -0.4 is 4.90 Å². The molecule has 0 atom stereocenters. The van der Waals surface area contributed by atoms with E-state index in [1.165, 1.54) is 0 Å². The monoisotopic (exact) mass is 432 g/mol. The van der Waals surface area contributed by atoms with Gasteiger partial charge in [0.1, 0.15) is 5.01 Å². The smallest absolute Gasteiger partial charge is 0.246 e. The second-order valence-corrected chi connectivity index (χ2v) is 8.79. The topological polar surface area (TPSA) is 39.7 Å². The van der Waals surface area contributed by atoms with Crippen molar-refractivity contribution < 1.29 is 4.79 Å². The molecule has 0 aliphatic carbocycles. The van der Waals surface area contributed by atoms with E-state index in [0.717, 1.165) is 60.2 Å². The van der Waals surface area contributed by atoms with Crippen molar-refractivity contribution in [1.82, 2.24) is 14.8 Å². The summed E-state index contributed by atoms with van der Waals surface area (Å²) in [6, 6.07) is 18.5. The highest BCUT2D eigenvalue weighted by molar-refractivity contribution is 7.13. The van der Waals surface area contributed by atoms with Crippen LogP contribution in [0.1, 0.15) is 11.3 Å². The fraction of sp³-hybridized carbons (Fsp3) is 0.280. The number of thiazole rings is 1. The number of carbonyl (C=O) groups is 1. The van der Waals surface area contributed by atoms with Gasteiger partial charge in [-0.3, -0.25) is 9.69 Å². The zero-order valence-corrected chi connectivity index (χ0v) is 18.9. The Bertz CT molecular complexity index is 1020. The Morgan fingerprint density at radius 1 is 1.03 bits per heavy atom. The molecule has 31 heavy (non-hydrogen) atoms. The lowest BCUT2D eigenvalue weighted by Gasteiger charge is -2.33. The molecule has 5 nitrogen and oxygen atoms in total. The molecule has 4 rings (SSSR count). The summed E-state index contributed by atoms with van der Waals surface area (Å²) in [5, 5.41) is 3.21. The van der Waals surface area contributed by atoms with Crippen molar-refractivity contribution in [2.75, 3.05) is 45.2 Å². The average molecular weight is 433 g/mol. The summed E-state index contributed by atoms with van der Waals surface area (Å²) in [6.45, 7) is 4.07. The molecule has 6 heteroatoms. The van der Waals surface area contributed by atoms with E-state index in [2.05, 4.69) is 39.4 Å². The first kappa shape index (κ1) is 21.3. The Hall–Kier alpha value is -2.96. The third-order valence-electron chi connectivity index (χ3n) is 5.47. The number of rotatable bonds is 6. The number of aromatic nitrogens is 1. The van der Waals surface area contributed by atoms with Crippen LogP contribution in [-0.4, -0.2) is 61.0 Å². The van der Waals surface area contributed by atoms with Crippen LogP contribution >= 0.6 is 11.3 Å². The number of benzene rings is 2. The molecule has 0 radical (unpaired) electrons. The SMILES string of the molecule is CN(C)c1ccc(C=CC(=O)N2CCN(Cc3csc(-c4ccccc4)n3)CC2)cc1. The molecule has 0 N–H and O–H groups in total. The number of amides is 1. The van der Waals surface area contributed by atoms with E-state index in [-0.39, 0.29) is 5.91 Å². The summed E-state index contributed by atoms with van der Waals surface area (Å²) < 4.78 is 0. The van der Waals surface area contributed by atoms with E-state index >= 15 is 0 Å². The van der Waals surface area contributed by atoms with E-state index in [1.807, 2.05) is 55.4 Å². The van der Waals surface area contributed by atoms with Gasteiger partial charge >= 0.3 is 0 Å². The van der Waals surface area contributed by atoms with Gasteiger partial charge in [0.15, 0.2) is 0 Å². The van der Waals surface area contributed by atoms with Crippen molar-refractivity contribution in [2.24, 2.45) is 0 Å². The summed E-state index contributed by atoms with van der Waals surface area (Å²) in [6.07, 6.45) is 3.58. The third-order valence-corrected chi connectivity index (χ3v) is 6.41. The van der Waals surface area contributed by atoms with Gasteiger partial charge < -0.3 is 9.80 Å². The lowest BCUT2D eigenvalue weighted by Crippen LogP contribution is -2.47. The minimum absolute atomic E-state index is 0.0800. The van der Waals surface area contributed by atoms with Crippen LogP contribution in [0.3, 0.4) is 0 Å². The van der Waals surface area contributed by atoms with Crippen LogP contribution in [0, 0.1) is 0 Å². The Kier molecular flexibility index (Phi) is 6.79. The van der Waals surface area contributed by atoms with E-state index in [0.29, 0.717) is 0 Å². The predicted octanol–water partition coefficient (Wildman–Crippen LogP) is 4.23. The molecule has 160 valence electrons. The van der Waals surface area contributed by atoms with Crippen molar-refractivity contribution in [1.29, 1.82) is 0 Å². The maximum Gasteiger partial charge on any atom is 0.246 e. The minimum atomic E-state index is 0.0800. The highest BCUT2D eigenvalue weighted by atomic mass is 32.1. The Balaban J connectivity index is 1.26. The largest absolute Gasteiger partial charge is 0.378 e. The van der Waals surface area contributed by atoms with E-state index in [4.69, 9.17) is 4.98 Å². The van der Waals surface area contributed by atoms with Crippen molar-refractivity contribution >= 4 is 29.0 Å². The van der Waals surface area contributed by atoms with E-state index in [1.54, 1.807) is 17.4 Å². The molecule has 1 aliphatic heterocycles. The Labute approximate surface area is 188 Å². The molecule has 0 spiro atoms. The second-order valence-electron chi connectivity index (χ2n) is 7.93. The highest BCUT2D eigenvalue weighted by Crippen LogP contribution is 2.24. The number of hydrogen-bond donors (Lipinski definition) is 0. The summed E-state index contributed by atoms with van der Waals surface area (Å²) in [4.78, 5) is 23.7. The number of anilines is 1. The Morgan fingerprint density at radius 3 is 2.42 bits per heavy atom. The molecule has 1 fully saturated rings. The van der Waals surface area contributed by atoms with Crippen LogP contribution in [0.25, 0.3) is 16.6 Å². The molecule has 1 amide bonds. The summed E-state index contributed by atoms with van der Waals surface area (Å²) in [5.74, 6) is 0.0800. The molecule has 1 aliphatic rings. The maximum absolute atomic E-state index is 12.6. The van der Waals surface area contributed by atoms with Gasteiger partial charge in [0.05, 0.1) is 5.69 Å². The van der Waals surface area contributed by atoms with Gasteiger partial charge in [0.2, 0.25) is 5.91 Å². The van der Waals surface area contributed by atoms with Crippen LogP contribution in [0.15, 0.2) is 66.1 Å². The minimum Gasteiger partial charge on any atom is -0.378 e. The van der Waals surface area contributed by atoms with Crippen molar-refractivity contribution in [3.63, 3.8) is 0 Å². The lowest BCUT2D eigenvalue weighted by atomic mass is 10.2. The zero-order chi connectivity index (χ0) is 21.6. The van der Waals surface area contributed by atoms with Crippen LogP contribution in [0.5, 0.6) is 0 Å².